The summed E-state index contributed by atoms with van der Waals surface area (Å²) in [5, 5.41) is 5.76. The number of halogens is 2. The van der Waals surface area contributed by atoms with Gasteiger partial charge in [-0.05, 0) is 18.8 Å². The van der Waals surface area contributed by atoms with Crippen LogP contribution in [0.5, 0.6) is 0 Å². The number of hydrogen-bond donors (Lipinski definition) is 2. The smallest absolute Gasteiger partial charge is 0.237 e. The number of rotatable bonds is 3. The minimum atomic E-state index is -0.852. The van der Waals surface area contributed by atoms with Gasteiger partial charge in [0.15, 0.2) is 0 Å². The van der Waals surface area contributed by atoms with Crippen LogP contribution in [-0.2, 0) is 4.79 Å². The number of carbonyl (C=O) groups is 1. The van der Waals surface area contributed by atoms with Crippen molar-refractivity contribution in [2.45, 2.75) is 37.9 Å². The molecule has 2 N–H and O–H groups in total. The van der Waals surface area contributed by atoms with Crippen LogP contribution in [0.4, 0.5) is 4.39 Å². The third kappa shape index (κ3) is 3.31. The molecule has 1 saturated heterocycles. The molecule has 2 atom stereocenters. The van der Waals surface area contributed by atoms with Crippen LogP contribution in [0.2, 0.25) is 0 Å². The molecule has 0 aromatic rings. The second-order valence-corrected chi connectivity index (χ2v) is 4.34. The molecule has 0 aromatic carbocycles. The fourth-order valence-corrected chi connectivity index (χ4v) is 1.96. The summed E-state index contributed by atoms with van der Waals surface area (Å²) in [5.41, 5.74) is 0. The molecule has 1 saturated carbocycles. The standard InChI is InChI=1S/C10H17FN2O.ClH/c11-8-4-9(12-6-8)10(14)13-5-7-2-1-3-7;/h7-9,12H,1-6H2,(H,13,14);1H/t8-,9+;/m0./s1. The van der Waals surface area contributed by atoms with E-state index in [0.29, 0.717) is 18.9 Å². The van der Waals surface area contributed by atoms with Gasteiger partial charge in [0.1, 0.15) is 6.17 Å². The van der Waals surface area contributed by atoms with E-state index in [0.717, 1.165) is 6.54 Å². The Bertz CT molecular complexity index is 223. The quantitative estimate of drug-likeness (QED) is 0.769. The molecule has 0 spiro atoms. The molecule has 1 heterocycles. The SMILES string of the molecule is Cl.O=C(NCC1CCC1)[C@H]1C[C@H](F)CN1. The van der Waals surface area contributed by atoms with Gasteiger partial charge in [0.2, 0.25) is 5.91 Å². The molecule has 2 fully saturated rings. The highest BCUT2D eigenvalue weighted by Gasteiger charge is 2.29. The Morgan fingerprint density at radius 1 is 1.47 bits per heavy atom. The topological polar surface area (TPSA) is 41.1 Å². The van der Waals surface area contributed by atoms with E-state index in [1.165, 1.54) is 19.3 Å². The summed E-state index contributed by atoms with van der Waals surface area (Å²) in [4.78, 5) is 11.5. The van der Waals surface area contributed by atoms with E-state index in [-0.39, 0.29) is 24.4 Å². The van der Waals surface area contributed by atoms with Gasteiger partial charge in [-0.2, -0.15) is 0 Å². The third-order valence-electron chi connectivity index (χ3n) is 3.18. The first-order valence-corrected chi connectivity index (χ1v) is 5.41. The van der Waals surface area contributed by atoms with E-state index < -0.39 is 6.17 Å². The highest BCUT2D eigenvalue weighted by atomic mass is 35.5. The first kappa shape index (κ1) is 12.7. The lowest BCUT2D eigenvalue weighted by Crippen LogP contribution is -2.43. The van der Waals surface area contributed by atoms with Crippen LogP contribution in [0.15, 0.2) is 0 Å². The van der Waals surface area contributed by atoms with Crippen molar-refractivity contribution in [2.75, 3.05) is 13.1 Å². The van der Waals surface area contributed by atoms with Crippen LogP contribution in [0.25, 0.3) is 0 Å². The van der Waals surface area contributed by atoms with Gasteiger partial charge < -0.3 is 10.6 Å². The van der Waals surface area contributed by atoms with Gasteiger partial charge in [0.25, 0.3) is 0 Å². The van der Waals surface area contributed by atoms with Gasteiger partial charge in [-0.1, -0.05) is 6.42 Å². The Kier molecular flexibility index (Phi) is 4.80. The average Bonchev–Trinajstić information content (AvgIpc) is 2.49. The van der Waals surface area contributed by atoms with Crippen molar-refractivity contribution < 1.29 is 9.18 Å². The highest BCUT2D eigenvalue weighted by Crippen LogP contribution is 2.25. The predicted octanol–water partition coefficient (Wildman–Crippen LogP) is 1.02. The van der Waals surface area contributed by atoms with E-state index in [9.17, 15) is 9.18 Å². The Hall–Kier alpha value is -0.350. The molecule has 0 aromatic heterocycles. The number of carbonyl (C=O) groups excluding carboxylic acids is 1. The molecule has 1 amide bonds. The molecule has 15 heavy (non-hydrogen) atoms. The van der Waals surface area contributed by atoms with Gasteiger partial charge in [-0.15, -0.1) is 12.4 Å². The minimum Gasteiger partial charge on any atom is -0.354 e. The van der Waals surface area contributed by atoms with Gasteiger partial charge in [0.05, 0.1) is 6.04 Å². The van der Waals surface area contributed by atoms with Crippen molar-refractivity contribution in [1.29, 1.82) is 0 Å². The molecule has 0 radical (unpaired) electrons. The van der Waals surface area contributed by atoms with Gasteiger partial charge in [-0.25, -0.2) is 4.39 Å². The molecule has 1 aliphatic heterocycles. The average molecular weight is 237 g/mol. The van der Waals surface area contributed by atoms with Crippen molar-refractivity contribution in [3.05, 3.63) is 0 Å². The lowest BCUT2D eigenvalue weighted by atomic mass is 9.85. The summed E-state index contributed by atoms with van der Waals surface area (Å²) in [5.74, 6) is 0.638. The number of alkyl halides is 1. The predicted molar refractivity (Wildman–Crippen MR) is 58.9 cm³/mol. The first-order valence-electron chi connectivity index (χ1n) is 5.41. The largest absolute Gasteiger partial charge is 0.354 e. The van der Waals surface area contributed by atoms with Gasteiger partial charge in [0, 0.05) is 19.5 Å². The molecule has 2 aliphatic rings. The molecule has 3 nitrogen and oxygen atoms in total. The van der Waals surface area contributed by atoms with E-state index in [1.807, 2.05) is 0 Å². The van der Waals surface area contributed by atoms with E-state index in [2.05, 4.69) is 10.6 Å². The second-order valence-electron chi connectivity index (χ2n) is 4.34. The molecule has 88 valence electrons. The van der Waals surface area contributed by atoms with Crippen LogP contribution in [-0.4, -0.2) is 31.2 Å². The van der Waals surface area contributed by atoms with Crippen molar-refractivity contribution in [3.63, 3.8) is 0 Å². The maximum absolute atomic E-state index is 12.8. The van der Waals surface area contributed by atoms with Crippen LogP contribution in [0.3, 0.4) is 0 Å². The molecule has 0 bridgehead atoms. The molecule has 0 unspecified atom stereocenters. The monoisotopic (exact) mass is 236 g/mol. The Balaban J connectivity index is 0.00000112. The fourth-order valence-electron chi connectivity index (χ4n) is 1.96. The van der Waals surface area contributed by atoms with Crippen molar-refractivity contribution >= 4 is 18.3 Å². The summed E-state index contributed by atoms with van der Waals surface area (Å²) in [6.45, 7) is 1.09. The van der Waals surface area contributed by atoms with E-state index in [1.54, 1.807) is 0 Å². The Morgan fingerprint density at radius 3 is 2.67 bits per heavy atom. The summed E-state index contributed by atoms with van der Waals surface area (Å²) >= 11 is 0. The highest BCUT2D eigenvalue weighted by molar-refractivity contribution is 5.85. The maximum atomic E-state index is 12.8. The maximum Gasteiger partial charge on any atom is 0.237 e. The number of nitrogens with one attached hydrogen (secondary N) is 2. The van der Waals surface area contributed by atoms with E-state index >= 15 is 0 Å². The molecular weight excluding hydrogens is 219 g/mol. The van der Waals surface area contributed by atoms with Crippen molar-refractivity contribution in [3.8, 4) is 0 Å². The van der Waals surface area contributed by atoms with Gasteiger partial charge >= 0.3 is 0 Å². The van der Waals surface area contributed by atoms with Crippen molar-refractivity contribution in [2.24, 2.45) is 5.92 Å². The zero-order valence-corrected chi connectivity index (χ0v) is 9.49. The Morgan fingerprint density at radius 2 is 2.20 bits per heavy atom. The zero-order chi connectivity index (χ0) is 9.97. The Labute approximate surface area is 95.6 Å². The fraction of sp³-hybridized carbons (Fsp3) is 0.900. The van der Waals surface area contributed by atoms with Crippen molar-refractivity contribution in [1.82, 2.24) is 10.6 Å². The summed E-state index contributed by atoms with van der Waals surface area (Å²) < 4.78 is 12.8. The third-order valence-corrected chi connectivity index (χ3v) is 3.18. The number of hydrogen-bond acceptors (Lipinski definition) is 2. The second kappa shape index (κ2) is 5.66. The van der Waals surface area contributed by atoms with Crippen LogP contribution in [0, 0.1) is 5.92 Å². The molecular formula is C10H18ClFN2O. The number of amides is 1. The van der Waals surface area contributed by atoms with Gasteiger partial charge in [-0.3, -0.25) is 4.79 Å². The summed E-state index contributed by atoms with van der Waals surface area (Å²) in [6, 6.07) is -0.301. The summed E-state index contributed by atoms with van der Waals surface area (Å²) in [6.07, 6.45) is 3.22. The van der Waals surface area contributed by atoms with E-state index in [4.69, 9.17) is 0 Å². The van der Waals surface area contributed by atoms with Crippen LogP contribution < -0.4 is 10.6 Å². The zero-order valence-electron chi connectivity index (χ0n) is 8.67. The lowest BCUT2D eigenvalue weighted by molar-refractivity contribution is -0.123. The van der Waals surface area contributed by atoms with Crippen LogP contribution in [0.1, 0.15) is 25.7 Å². The normalized spacial score (nSPS) is 30.5. The van der Waals surface area contributed by atoms with Crippen LogP contribution >= 0.6 is 12.4 Å². The lowest BCUT2D eigenvalue weighted by Gasteiger charge is -2.26. The molecule has 2 rings (SSSR count). The molecule has 5 heteroatoms. The molecule has 1 aliphatic carbocycles. The first-order chi connectivity index (χ1) is 6.75. The summed E-state index contributed by atoms with van der Waals surface area (Å²) in [7, 11) is 0. The minimum absolute atomic E-state index is 0.